The minimum absolute atomic E-state index is 0.0196. The number of hydrogen-bond acceptors (Lipinski definition) is 4. The van der Waals surface area contributed by atoms with Gasteiger partial charge in [0.15, 0.2) is 0 Å². The van der Waals surface area contributed by atoms with Crippen LogP contribution in [0.2, 0.25) is 0 Å². The summed E-state index contributed by atoms with van der Waals surface area (Å²) >= 11 is 0. The monoisotopic (exact) mass is 430 g/mol. The first-order chi connectivity index (χ1) is 15.5. The van der Waals surface area contributed by atoms with Crippen molar-refractivity contribution in [2.45, 2.75) is 38.8 Å². The van der Waals surface area contributed by atoms with Gasteiger partial charge in [-0.1, -0.05) is 68.4 Å². The molecule has 0 aliphatic heterocycles. The molecule has 2 aliphatic carbocycles. The topological polar surface area (TPSA) is 47.9 Å². The van der Waals surface area contributed by atoms with Gasteiger partial charge >= 0.3 is 5.97 Å². The van der Waals surface area contributed by atoms with Crippen molar-refractivity contribution in [2.24, 2.45) is 23.2 Å². The van der Waals surface area contributed by atoms with Crippen LogP contribution >= 0.6 is 0 Å². The third-order valence-electron chi connectivity index (χ3n) is 7.13. The highest BCUT2D eigenvalue weighted by molar-refractivity contribution is 5.27. The average molecular weight is 431 g/mol. The van der Waals surface area contributed by atoms with Crippen molar-refractivity contribution in [3.63, 3.8) is 0 Å². The maximum absolute atomic E-state index is 10.9. The number of para-hydroxylation sites is 3. The summed E-state index contributed by atoms with van der Waals surface area (Å²) in [6, 6.07) is 28.8. The summed E-state index contributed by atoms with van der Waals surface area (Å²) in [6.45, 7) is 4.58. The first kappa shape index (κ1) is 20.9. The number of hydrogen-bond donors (Lipinski definition) is 1. The van der Waals surface area contributed by atoms with E-state index in [-0.39, 0.29) is 11.3 Å². The van der Waals surface area contributed by atoms with Crippen molar-refractivity contribution in [3.8, 4) is 17.2 Å². The Kier molecular flexibility index (Phi) is 5.34. The summed E-state index contributed by atoms with van der Waals surface area (Å²) < 4.78 is 19.5. The van der Waals surface area contributed by atoms with Gasteiger partial charge in [-0.3, -0.25) is 0 Å². The Morgan fingerprint density at radius 2 is 1.16 bits per heavy atom. The van der Waals surface area contributed by atoms with E-state index in [9.17, 15) is 5.11 Å². The number of ether oxygens (including phenoxy) is 3. The second-order valence-corrected chi connectivity index (χ2v) is 9.55. The Hall–Kier alpha value is -2.98. The van der Waals surface area contributed by atoms with Gasteiger partial charge in [0.2, 0.25) is 0 Å². The third kappa shape index (κ3) is 4.07. The minimum Gasteiger partial charge on any atom is -0.421 e. The van der Waals surface area contributed by atoms with E-state index >= 15 is 0 Å². The lowest BCUT2D eigenvalue weighted by molar-refractivity contribution is -0.266. The van der Waals surface area contributed by atoms with E-state index in [0.717, 1.165) is 6.42 Å². The summed E-state index contributed by atoms with van der Waals surface area (Å²) in [5.74, 6) is 1.50. The van der Waals surface area contributed by atoms with Crippen molar-refractivity contribution < 1.29 is 19.3 Å². The van der Waals surface area contributed by atoms with Crippen LogP contribution in [0.3, 0.4) is 0 Å². The molecule has 166 valence electrons. The summed E-state index contributed by atoms with van der Waals surface area (Å²) in [6.07, 6.45) is 0.841. The average Bonchev–Trinajstić information content (AvgIpc) is 3.13. The van der Waals surface area contributed by atoms with Crippen molar-refractivity contribution in [1.29, 1.82) is 0 Å². The Labute approximate surface area is 189 Å². The molecule has 2 saturated carbocycles. The van der Waals surface area contributed by atoms with Crippen LogP contribution < -0.4 is 14.2 Å². The Morgan fingerprint density at radius 3 is 1.53 bits per heavy atom. The van der Waals surface area contributed by atoms with Gasteiger partial charge < -0.3 is 19.3 Å². The molecule has 5 rings (SSSR count). The van der Waals surface area contributed by atoms with Crippen LogP contribution in [0.25, 0.3) is 0 Å². The third-order valence-corrected chi connectivity index (χ3v) is 7.13. The number of aliphatic hydroxyl groups excluding tert-OH is 1. The molecule has 4 nitrogen and oxygen atoms in total. The van der Waals surface area contributed by atoms with Crippen LogP contribution in [-0.4, -0.2) is 17.2 Å². The predicted octanol–water partition coefficient (Wildman–Crippen LogP) is 5.92. The maximum atomic E-state index is 10.9. The first-order valence-corrected chi connectivity index (χ1v) is 11.4. The van der Waals surface area contributed by atoms with Gasteiger partial charge in [-0.2, -0.15) is 0 Å². The van der Waals surface area contributed by atoms with Gasteiger partial charge in [0.25, 0.3) is 0 Å². The molecule has 0 radical (unpaired) electrons. The second kappa shape index (κ2) is 8.18. The summed E-state index contributed by atoms with van der Waals surface area (Å²) in [5, 5.41) is 10.9. The van der Waals surface area contributed by atoms with Crippen molar-refractivity contribution in [3.05, 3.63) is 91.0 Å². The fourth-order valence-corrected chi connectivity index (χ4v) is 5.50. The van der Waals surface area contributed by atoms with Gasteiger partial charge in [-0.15, -0.1) is 0 Å². The summed E-state index contributed by atoms with van der Waals surface area (Å²) in [4.78, 5) is 0. The zero-order valence-electron chi connectivity index (χ0n) is 18.6. The lowest BCUT2D eigenvalue weighted by Crippen LogP contribution is -2.51. The van der Waals surface area contributed by atoms with Crippen LogP contribution in [0.1, 0.15) is 26.7 Å². The lowest BCUT2D eigenvalue weighted by Gasteiger charge is -2.37. The van der Waals surface area contributed by atoms with Crippen LogP contribution in [-0.2, 0) is 0 Å². The zero-order chi connectivity index (χ0) is 22.2. The Morgan fingerprint density at radius 1 is 0.750 bits per heavy atom. The normalized spacial score (nSPS) is 25.6. The molecule has 1 N–H and O–H groups in total. The summed E-state index contributed by atoms with van der Waals surface area (Å²) in [5.41, 5.74) is 0.224. The van der Waals surface area contributed by atoms with Gasteiger partial charge in [0.1, 0.15) is 17.2 Å². The van der Waals surface area contributed by atoms with E-state index in [1.807, 2.05) is 91.0 Å². The molecule has 3 aromatic rings. The highest BCUT2D eigenvalue weighted by Crippen LogP contribution is 2.70. The molecule has 0 aromatic heterocycles. The van der Waals surface area contributed by atoms with E-state index < -0.39 is 12.1 Å². The quantitative estimate of drug-likeness (QED) is 0.451. The van der Waals surface area contributed by atoms with Gasteiger partial charge in [-0.25, -0.2) is 0 Å². The fourth-order valence-electron chi connectivity index (χ4n) is 5.50. The molecule has 3 aromatic carbocycles. The van der Waals surface area contributed by atoms with Crippen LogP contribution in [0.5, 0.6) is 17.2 Å². The predicted molar refractivity (Wildman–Crippen MR) is 123 cm³/mol. The van der Waals surface area contributed by atoms with E-state index in [4.69, 9.17) is 14.2 Å². The largest absolute Gasteiger partial charge is 0.421 e. The molecule has 4 unspecified atom stereocenters. The molecule has 4 heteroatoms. The molecule has 2 fully saturated rings. The fraction of sp³-hybridized carbons (Fsp3) is 0.357. The Bertz CT molecular complexity index is 918. The molecule has 0 heterocycles. The number of rotatable bonds is 8. The van der Waals surface area contributed by atoms with Crippen LogP contribution in [0.15, 0.2) is 91.0 Å². The van der Waals surface area contributed by atoms with E-state index in [1.165, 1.54) is 0 Å². The van der Waals surface area contributed by atoms with Crippen molar-refractivity contribution in [2.75, 3.05) is 0 Å². The molecular weight excluding hydrogens is 400 g/mol. The number of benzene rings is 3. The molecule has 0 saturated heterocycles. The van der Waals surface area contributed by atoms with Crippen LogP contribution in [0, 0.1) is 23.2 Å². The number of aliphatic hydroxyl groups is 1. The van der Waals surface area contributed by atoms with Gasteiger partial charge in [-0.05, 0) is 66.0 Å². The Balaban J connectivity index is 1.54. The minimum atomic E-state index is -1.43. The highest BCUT2D eigenvalue weighted by atomic mass is 16.9. The highest BCUT2D eigenvalue weighted by Gasteiger charge is 2.68. The second-order valence-electron chi connectivity index (χ2n) is 9.55. The van der Waals surface area contributed by atoms with E-state index in [1.54, 1.807) is 0 Å². The van der Waals surface area contributed by atoms with Gasteiger partial charge in [0, 0.05) is 0 Å². The lowest BCUT2D eigenvalue weighted by atomic mass is 9.87. The van der Waals surface area contributed by atoms with Crippen molar-refractivity contribution in [1.82, 2.24) is 0 Å². The molecule has 32 heavy (non-hydrogen) atoms. The first-order valence-electron chi connectivity index (χ1n) is 11.4. The molecule has 0 spiro atoms. The van der Waals surface area contributed by atoms with Gasteiger partial charge in [0.05, 0.1) is 12.5 Å². The molecular formula is C28H30O4. The van der Waals surface area contributed by atoms with Crippen LogP contribution in [0.4, 0.5) is 0 Å². The smallest absolute Gasteiger partial charge is 0.417 e. The molecule has 2 aliphatic rings. The summed E-state index contributed by atoms with van der Waals surface area (Å²) in [7, 11) is 0. The van der Waals surface area contributed by atoms with E-state index in [0.29, 0.717) is 35.5 Å². The molecule has 0 bridgehead atoms. The van der Waals surface area contributed by atoms with Crippen molar-refractivity contribution >= 4 is 0 Å². The zero-order valence-corrected chi connectivity index (χ0v) is 18.6. The molecule has 4 atom stereocenters. The maximum Gasteiger partial charge on any atom is 0.417 e. The molecule has 0 amide bonds. The SMILES string of the molecule is CC1(C)C2CC(O)C(CC(Oc3ccccc3)(Oc3ccccc3)Oc3ccccc3)C21. The number of fused-ring (bicyclic) bond motifs is 1. The van der Waals surface area contributed by atoms with E-state index in [2.05, 4.69) is 13.8 Å². The standard InChI is InChI=1S/C28H30O4/c1-27(2)24-18-25(29)23(26(24)27)19-28(30-20-12-6-3-7-13-20,31-21-14-8-4-9-15-21)32-22-16-10-5-11-17-22/h3-17,23-26,29H,18-19H2,1-2H3.